The number of hydrogen-bond acceptors (Lipinski definition) is 11. The number of ether oxygens (including phenoxy) is 2. The van der Waals surface area contributed by atoms with Crippen molar-refractivity contribution in [2.75, 3.05) is 17.6 Å². The van der Waals surface area contributed by atoms with Gasteiger partial charge < -0.3 is 46.5 Å². The van der Waals surface area contributed by atoms with Crippen LogP contribution >= 0.6 is 11.8 Å². The normalized spacial score (nSPS) is 16.6. The van der Waals surface area contributed by atoms with Crippen molar-refractivity contribution < 1.29 is 58.4 Å². The van der Waals surface area contributed by atoms with Crippen molar-refractivity contribution >= 4 is 59.0 Å². The van der Waals surface area contributed by atoms with Gasteiger partial charge in [0.25, 0.3) is 0 Å². The van der Waals surface area contributed by atoms with Gasteiger partial charge in [-0.05, 0) is 106 Å². The first-order chi connectivity index (χ1) is 31.5. The molecule has 0 aliphatic carbocycles. The predicted molar refractivity (Wildman–Crippen MR) is 259 cm³/mol. The molecule has 3 amide bonds. The number of amides is 3. The van der Waals surface area contributed by atoms with Gasteiger partial charge in [0, 0.05) is 24.2 Å². The number of rotatable bonds is 29. The van der Waals surface area contributed by atoms with Gasteiger partial charge in [0.1, 0.15) is 41.0 Å². The van der Waals surface area contributed by atoms with Gasteiger partial charge >= 0.3 is 23.9 Å². The van der Waals surface area contributed by atoms with E-state index in [0.717, 1.165) is 66.2 Å². The average Bonchev–Trinajstić information content (AvgIpc) is 3.25. The molecule has 0 saturated carbocycles. The topological polar surface area (TPSA) is 261 Å². The van der Waals surface area contributed by atoms with Crippen LogP contribution in [0.3, 0.4) is 0 Å². The molecule has 16 nitrogen and oxygen atoms in total. The third kappa shape index (κ3) is 18.5. The fourth-order valence-corrected chi connectivity index (χ4v) is 9.41. The smallest absolute Gasteiger partial charge is 0.337 e. The lowest BCUT2D eigenvalue weighted by Gasteiger charge is -2.38. The van der Waals surface area contributed by atoms with Crippen LogP contribution in [0.1, 0.15) is 151 Å². The number of para-hydroxylation sites is 1. The van der Waals surface area contributed by atoms with Crippen LogP contribution in [-0.4, -0.2) is 92.2 Å². The molecule has 0 fully saturated rings. The monoisotopic (exact) mass is 955 g/mol. The Morgan fingerprint density at radius 1 is 0.836 bits per heavy atom. The summed E-state index contributed by atoms with van der Waals surface area (Å²) in [5.41, 5.74) is 8.03. The van der Waals surface area contributed by atoms with Crippen LogP contribution in [0, 0.1) is 38.5 Å². The fraction of sp³-hybridized carbons (Fsp3) is 0.620. The molecule has 0 bridgehead atoms. The molecule has 6 atom stereocenters. The van der Waals surface area contributed by atoms with Crippen molar-refractivity contribution in [3.63, 3.8) is 0 Å². The molecular weight excluding hydrogens is 881 g/mol. The Hall–Kier alpha value is -5.16. The van der Waals surface area contributed by atoms with E-state index in [9.17, 15) is 43.8 Å². The third-order valence-electron chi connectivity index (χ3n) is 12.6. The van der Waals surface area contributed by atoms with Crippen molar-refractivity contribution in [2.45, 2.75) is 168 Å². The molecule has 8 N–H and O–H groups in total. The Balaban J connectivity index is 1.80. The van der Waals surface area contributed by atoms with Gasteiger partial charge in [-0.15, -0.1) is 11.8 Å². The number of fused-ring (bicyclic) bond motifs is 1. The highest BCUT2D eigenvalue weighted by Gasteiger charge is 2.36. The van der Waals surface area contributed by atoms with Crippen LogP contribution in [0.5, 0.6) is 11.5 Å². The van der Waals surface area contributed by atoms with Gasteiger partial charge in [0.05, 0.1) is 11.3 Å². The lowest BCUT2D eigenvalue weighted by atomic mass is 9.83. The molecule has 1 aliphatic heterocycles. The number of carbonyl (C=O) groups is 7. The largest absolute Gasteiger partial charge is 0.487 e. The molecule has 17 heteroatoms. The maximum absolute atomic E-state index is 14.3. The van der Waals surface area contributed by atoms with Crippen LogP contribution in [0.25, 0.3) is 0 Å². The summed E-state index contributed by atoms with van der Waals surface area (Å²) in [6, 6.07) is 2.93. The maximum atomic E-state index is 14.3. The SMILES string of the molecule is Cc1c(C)c2c(c(C)c1OC(=O)C(CC(=O)Nc1ccccc1C(=O)O)SCC(NC(=O)CCC(N)C(=O)O)C(=O)NCC(=O)O)CCC(C)(CCCC(C)CCCC(C)CCCC(C)C)O2. The molecule has 6 unspecified atom stereocenters. The van der Waals surface area contributed by atoms with Gasteiger partial charge in [-0.2, -0.15) is 0 Å². The standard InChI is InChI=1S/C50H74N4O12S/c1-29(2)14-11-15-30(3)16-12-17-31(4)18-13-24-50(8)25-23-35-34(7)44(32(5)33(6)45(35)66-50)65-49(64)40(26-42(56)53-38-20-10-9-19-36(38)47(60)61)67-28-39(46(59)52-27-43(57)58)54-41(55)22-21-37(51)48(62)63/h9-10,19-20,29-31,37,39-40H,11-18,21-28,51H2,1-8H3,(H,52,59)(H,53,56)(H,54,55)(H,57,58)(H,60,61)(H,62,63). The first-order valence-corrected chi connectivity index (χ1v) is 24.6. The number of carboxylic acid groups (broad SMARTS) is 3. The minimum Gasteiger partial charge on any atom is -0.487 e. The zero-order valence-electron chi connectivity index (χ0n) is 40.6. The molecule has 2 aromatic rings. The first-order valence-electron chi connectivity index (χ1n) is 23.6. The second kappa shape index (κ2) is 27.0. The number of hydrogen-bond donors (Lipinski definition) is 7. The molecular formula is C50H74N4O12S. The minimum atomic E-state index is -1.44. The van der Waals surface area contributed by atoms with E-state index in [-0.39, 0.29) is 41.2 Å². The predicted octanol–water partition coefficient (Wildman–Crippen LogP) is 7.75. The summed E-state index contributed by atoms with van der Waals surface area (Å²) in [7, 11) is 0. The van der Waals surface area contributed by atoms with Gasteiger partial charge in [-0.1, -0.05) is 84.8 Å². The Kier molecular flexibility index (Phi) is 22.6. The van der Waals surface area contributed by atoms with E-state index in [1.54, 1.807) is 0 Å². The molecule has 1 aliphatic rings. The van der Waals surface area contributed by atoms with Gasteiger partial charge in [0.2, 0.25) is 17.7 Å². The quantitative estimate of drug-likeness (QED) is 0.0304. The maximum Gasteiger partial charge on any atom is 0.337 e. The zero-order valence-corrected chi connectivity index (χ0v) is 41.4. The first kappa shape index (κ1) is 56.2. The number of nitrogens with two attached hydrogens (primary N) is 1. The van der Waals surface area contributed by atoms with E-state index < -0.39 is 71.9 Å². The Bertz CT molecular complexity index is 2060. The number of carbonyl (C=O) groups excluding carboxylic acids is 4. The van der Waals surface area contributed by atoms with E-state index in [1.165, 1.54) is 62.8 Å². The minimum absolute atomic E-state index is 0.0127. The molecule has 0 radical (unpaired) electrons. The molecule has 67 heavy (non-hydrogen) atoms. The highest BCUT2D eigenvalue weighted by Crippen LogP contribution is 2.45. The highest BCUT2D eigenvalue weighted by atomic mass is 32.2. The second-order valence-corrected chi connectivity index (χ2v) is 20.2. The number of benzene rings is 2. The Morgan fingerprint density at radius 2 is 1.46 bits per heavy atom. The van der Waals surface area contributed by atoms with Crippen molar-refractivity contribution in [3.8, 4) is 11.5 Å². The molecule has 3 rings (SSSR count). The summed E-state index contributed by atoms with van der Waals surface area (Å²) >= 11 is 0.785. The number of aromatic carboxylic acids is 1. The lowest BCUT2D eigenvalue weighted by Crippen LogP contribution is -2.50. The molecule has 0 aromatic heterocycles. The number of carboxylic acids is 3. The summed E-state index contributed by atoms with van der Waals surface area (Å²) < 4.78 is 12.9. The lowest BCUT2D eigenvalue weighted by molar-refractivity contribution is -0.139. The van der Waals surface area contributed by atoms with Crippen molar-refractivity contribution in [1.82, 2.24) is 10.6 Å². The number of nitrogens with one attached hydrogen (secondary N) is 3. The molecule has 0 spiro atoms. The second-order valence-electron chi connectivity index (χ2n) is 19.0. The van der Waals surface area contributed by atoms with Gasteiger partial charge in [0.15, 0.2) is 0 Å². The van der Waals surface area contributed by atoms with E-state index in [0.29, 0.717) is 23.5 Å². The number of thioether (sulfide) groups is 1. The van der Waals surface area contributed by atoms with E-state index in [1.807, 2.05) is 20.8 Å². The number of esters is 1. The molecule has 2 aromatic carbocycles. The molecule has 372 valence electrons. The molecule has 0 saturated heterocycles. The highest BCUT2D eigenvalue weighted by molar-refractivity contribution is 8.00. The summed E-state index contributed by atoms with van der Waals surface area (Å²) in [5.74, 6) is -4.41. The molecule has 1 heterocycles. The van der Waals surface area contributed by atoms with Crippen molar-refractivity contribution in [3.05, 3.63) is 52.1 Å². The summed E-state index contributed by atoms with van der Waals surface area (Å²) in [5, 5.41) is 33.9. The average molecular weight is 955 g/mol. The third-order valence-corrected chi connectivity index (χ3v) is 13.9. The van der Waals surface area contributed by atoms with E-state index in [4.69, 9.17) is 20.3 Å². The van der Waals surface area contributed by atoms with Crippen LogP contribution < -0.4 is 31.2 Å². The van der Waals surface area contributed by atoms with Crippen molar-refractivity contribution in [1.29, 1.82) is 0 Å². The van der Waals surface area contributed by atoms with Crippen LogP contribution in [-0.2, 0) is 35.2 Å². The van der Waals surface area contributed by atoms with Gasteiger partial charge in [-0.3, -0.25) is 28.8 Å². The van der Waals surface area contributed by atoms with Crippen molar-refractivity contribution in [2.24, 2.45) is 23.5 Å². The van der Waals surface area contributed by atoms with Crippen LogP contribution in [0.4, 0.5) is 5.69 Å². The van der Waals surface area contributed by atoms with Crippen LogP contribution in [0.15, 0.2) is 24.3 Å². The number of anilines is 1. The zero-order chi connectivity index (χ0) is 50.0. The summed E-state index contributed by atoms with van der Waals surface area (Å²) in [4.78, 5) is 88.2. The summed E-state index contributed by atoms with van der Waals surface area (Å²) in [6.07, 6.45) is 11.0. The van der Waals surface area contributed by atoms with Crippen LogP contribution in [0.2, 0.25) is 0 Å². The fourth-order valence-electron chi connectivity index (χ4n) is 8.30. The van der Waals surface area contributed by atoms with E-state index in [2.05, 4.69) is 50.6 Å². The Morgan fingerprint density at radius 3 is 2.07 bits per heavy atom. The summed E-state index contributed by atoms with van der Waals surface area (Å²) in [6.45, 7) is 16.2. The van der Waals surface area contributed by atoms with Gasteiger partial charge in [-0.25, -0.2) is 4.79 Å². The number of aliphatic carboxylic acids is 2. The Labute approximate surface area is 399 Å². The van der Waals surface area contributed by atoms with E-state index >= 15 is 0 Å².